The first kappa shape index (κ1) is 32.2. The van der Waals surface area contributed by atoms with Crippen molar-refractivity contribution < 1.29 is 9.22 Å². The second-order valence-electron chi connectivity index (χ2n) is 15.5. The molecule has 276 valence electrons. The van der Waals surface area contributed by atoms with E-state index in [1.165, 1.54) is 11.1 Å². The van der Waals surface area contributed by atoms with Gasteiger partial charge in [-0.2, -0.15) is 0 Å². The summed E-state index contributed by atoms with van der Waals surface area (Å²) < 4.78 is 27.7. The lowest BCUT2D eigenvalue weighted by atomic mass is 9.83. The van der Waals surface area contributed by atoms with Gasteiger partial charge in [-0.25, -0.2) is 4.98 Å². The Morgan fingerprint density at radius 1 is 0.526 bits per heavy atom. The molecule has 0 spiro atoms. The van der Waals surface area contributed by atoms with Crippen LogP contribution in [0.3, 0.4) is 0 Å². The normalized spacial score (nSPS) is 12.6. The predicted octanol–water partition coefficient (Wildman–Crippen LogP) is 13.7. The maximum Gasteiger partial charge on any atom is 0.149 e. The molecule has 2 heterocycles. The van der Waals surface area contributed by atoms with Crippen molar-refractivity contribution in [2.75, 3.05) is 0 Å². The number of imidazole rings is 1. The van der Waals surface area contributed by atoms with E-state index in [0.29, 0.717) is 22.6 Å². The number of hydrogen-bond donors (Lipinski definition) is 1. The summed E-state index contributed by atoms with van der Waals surface area (Å²) >= 11 is 0. The molecule has 0 amide bonds. The zero-order valence-corrected chi connectivity index (χ0v) is 32.1. The topological polar surface area (TPSA) is 50.9 Å². The van der Waals surface area contributed by atoms with Crippen LogP contribution >= 0.6 is 0 Å². The Labute approximate surface area is 338 Å². The summed E-state index contributed by atoms with van der Waals surface area (Å²) in [6.45, 7) is 4.24. The number of aromatic nitrogens is 3. The molecule has 4 heteroatoms. The number of aryl methyl sites for hydroxylation is 1. The molecule has 0 radical (unpaired) electrons. The zero-order valence-electron chi connectivity index (χ0n) is 35.1. The highest BCUT2D eigenvalue weighted by molar-refractivity contribution is 5.97. The third-order valence-corrected chi connectivity index (χ3v) is 10.7. The quantitative estimate of drug-likeness (QED) is 0.177. The highest BCUT2D eigenvalue weighted by atomic mass is 16.3. The van der Waals surface area contributed by atoms with Crippen LogP contribution in [0.15, 0.2) is 182 Å². The van der Waals surface area contributed by atoms with E-state index >= 15 is 0 Å². The maximum atomic E-state index is 11.2. The van der Waals surface area contributed by atoms with Gasteiger partial charge in [0, 0.05) is 27.1 Å². The molecule has 9 rings (SSSR count). The monoisotopic (exact) mass is 740 g/mol. The van der Waals surface area contributed by atoms with E-state index in [2.05, 4.69) is 99.6 Å². The molecule has 0 aliphatic heterocycles. The van der Waals surface area contributed by atoms with E-state index in [0.717, 1.165) is 55.7 Å². The van der Waals surface area contributed by atoms with Crippen molar-refractivity contribution in [3.8, 4) is 78.6 Å². The van der Waals surface area contributed by atoms with E-state index in [4.69, 9.17) is 14.1 Å². The van der Waals surface area contributed by atoms with E-state index in [9.17, 15) is 5.11 Å². The molecule has 4 nitrogen and oxygen atoms in total. The molecule has 0 bridgehead atoms. The highest BCUT2D eigenvalue weighted by Crippen LogP contribution is 2.40. The van der Waals surface area contributed by atoms with Crippen LogP contribution in [0.25, 0.3) is 83.9 Å². The molecule has 0 fully saturated rings. The van der Waals surface area contributed by atoms with Crippen LogP contribution in [0.1, 0.15) is 36.0 Å². The van der Waals surface area contributed by atoms with Crippen molar-refractivity contribution in [1.29, 1.82) is 0 Å². The average Bonchev–Trinajstić information content (AvgIpc) is 3.66. The highest BCUT2D eigenvalue weighted by Gasteiger charge is 2.22. The van der Waals surface area contributed by atoms with Gasteiger partial charge in [-0.3, -0.25) is 9.55 Å². The Balaban J connectivity index is 1.21. The maximum absolute atomic E-state index is 11.2. The number of hydrogen-bond acceptors (Lipinski definition) is 3. The summed E-state index contributed by atoms with van der Waals surface area (Å²) in [6, 6.07) is 58.2. The Bertz CT molecular complexity index is 3000. The number of para-hydroxylation sites is 2. The van der Waals surface area contributed by atoms with Gasteiger partial charge in [-0.05, 0) is 117 Å². The molecular formula is C53H43N3O. The zero-order chi connectivity index (χ0) is 41.6. The Morgan fingerprint density at radius 3 is 1.89 bits per heavy atom. The van der Waals surface area contributed by atoms with Gasteiger partial charge in [-0.1, -0.05) is 142 Å². The minimum Gasteiger partial charge on any atom is -0.507 e. The molecular weight excluding hydrogens is 695 g/mol. The summed E-state index contributed by atoms with van der Waals surface area (Å²) in [5.74, 6) is 0.574. The van der Waals surface area contributed by atoms with Crippen LogP contribution in [-0.4, -0.2) is 19.6 Å². The largest absolute Gasteiger partial charge is 0.507 e. The van der Waals surface area contributed by atoms with Crippen LogP contribution < -0.4 is 0 Å². The minimum absolute atomic E-state index is 0.0743. The van der Waals surface area contributed by atoms with Gasteiger partial charge in [0.1, 0.15) is 11.6 Å². The summed E-state index contributed by atoms with van der Waals surface area (Å²) in [7, 11) is 0. The van der Waals surface area contributed by atoms with Crippen molar-refractivity contribution in [2.24, 2.45) is 0 Å². The fraction of sp³-hybridized carbons (Fsp3) is 0.0943. The van der Waals surface area contributed by atoms with Gasteiger partial charge in [-0.15, -0.1) is 0 Å². The molecule has 0 aliphatic carbocycles. The summed E-state index contributed by atoms with van der Waals surface area (Å²) in [6.07, 6.45) is 1.87. The third kappa shape index (κ3) is 6.91. The number of pyridine rings is 1. The number of phenols is 1. The Morgan fingerprint density at radius 2 is 1.18 bits per heavy atom. The smallest absolute Gasteiger partial charge is 0.149 e. The van der Waals surface area contributed by atoms with Crippen LogP contribution in [0, 0.1) is 6.85 Å². The summed E-state index contributed by atoms with van der Waals surface area (Å²) in [5.41, 5.74) is 13.5. The molecule has 0 unspecified atom stereocenters. The van der Waals surface area contributed by atoms with Gasteiger partial charge < -0.3 is 5.11 Å². The first-order valence-electron chi connectivity index (χ1n) is 20.7. The molecule has 0 saturated heterocycles. The second-order valence-corrected chi connectivity index (χ2v) is 15.5. The summed E-state index contributed by atoms with van der Waals surface area (Å²) in [4.78, 5) is 10.2. The van der Waals surface area contributed by atoms with Gasteiger partial charge in [0.05, 0.1) is 22.3 Å². The SMILES string of the molecule is [2H]C([2H])([2H])c1cc(-n2c(-c3ccccc3O)nc3c(-c4cc(-c5cc(-c6ccc(-c7ccccc7)cc6)ccn5)cc(C(C)(C)C)c4)cccc32)ccc1-c1ccccc1. The second kappa shape index (κ2) is 14.6. The molecule has 0 saturated carbocycles. The van der Waals surface area contributed by atoms with Crippen molar-refractivity contribution in [3.05, 3.63) is 193 Å². The molecule has 0 atom stereocenters. The number of phenolic OH excluding ortho intramolecular Hbond substituents is 1. The molecule has 9 aromatic rings. The average molecular weight is 741 g/mol. The fourth-order valence-corrected chi connectivity index (χ4v) is 7.60. The van der Waals surface area contributed by atoms with Crippen LogP contribution in [-0.2, 0) is 5.41 Å². The van der Waals surface area contributed by atoms with E-state index in [1.54, 1.807) is 18.2 Å². The molecule has 2 aromatic heterocycles. The molecule has 57 heavy (non-hydrogen) atoms. The van der Waals surface area contributed by atoms with Crippen LogP contribution in [0.4, 0.5) is 0 Å². The van der Waals surface area contributed by atoms with Crippen LogP contribution in [0.5, 0.6) is 5.75 Å². The standard InChI is InChI=1S/C53H43N3O/c1-35-30-44(26-27-45(35)39-16-9-6-10-17-39)56-49-20-13-19-46(51(49)55-52(56)47-18-11-12-21-50(47)57)41-31-42(33-43(32-41)53(2,3)4)48-34-40(28-29-54-48)38-24-22-37(23-25-38)36-14-7-5-8-15-36/h5-34,57H,1-4H3/i1D3. The first-order valence-corrected chi connectivity index (χ1v) is 19.2. The molecule has 1 N–H and O–H groups in total. The first-order chi connectivity index (χ1) is 28.9. The predicted molar refractivity (Wildman–Crippen MR) is 237 cm³/mol. The van der Waals surface area contributed by atoms with E-state index in [-0.39, 0.29) is 16.7 Å². The lowest BCUT2D eigenvalue weighted by Gasteiger charge is -2.22. The van der Waals surface area contributed by atoms with Gasteiger partial charge in [0.25, 0.3) is 0 Å². The van der Waals surface area contributed by atoms with Crippen molar-refractivity contribution in [3.63, 3.8) is 0 Å². The van der Waals surface area contributed by atoms with Gasteiger partial charge in [0.15, 0.2) is 0 Å². The number of benzene rings is 7. The number of fused-ring (bicyclic) bond motifs is 1. The van der Waals surface area contributed by atoms with Gasteiger partial charge >= 0.3 is 0 Å². The fourth-order valence-electron chi connectivity index (χ4n) is 7.60. The van der Waals surface area contributed by atoms with Crippen molar-refractivity contribution in [2.45, 2.75) is 33.0 Å². The van der Waals surface area contributed by atoms with E-state index in [1.807, 2.05) is 89.6 Å². The Hall–Kier alpha value is -7.04. The number of nitrogens with zero attached hydrogens (tertiary/aromatic N) is 3. The number of aromatic hydroxyl groups is 1. The van der Waals surface area contributed by atoms with Crippen LogP contribution in [0.2, 0.25) is 0 Å². The minimum atomic E-state index is -2.39. The lowest BCUT2D eigenvalue weighted by molar-refractivity contribution is 0.477. The van der Waals surface area contributed by atoms with Crippen molar-refractivity contribution in [1.82, 2.24) is 14.5 Å². The molecule has 0 aliphatic rings. The summed E-state index contributed by atoms with van der Waals surface area (Å²) in [5, 5.41) is 11.2. The third-order valence-electron chi connectivity index (χ3n) is 10.7. The molecule has 7 aromatic carbocycles. The Kier molecular flexibility index (Phi) is 8.23. The number of rotatable bonds is 7. The van der Waals surface area contributed by atoms with Crippen molar-refractivity contribution >= 4 is 11.0 Å². The van der Waals surface area contributed by atoms with Gasteiger partial charge in [0.2, 0.25) is 0 Å². The van der Waals surface area contributed by atoms with E-state index < -0.39 is 6.85 Å². The lowest BCUT2D eigenvalue weighted by Crippen LogP contribution is -2.11.